The van der Waals surface area contributed by atoms with Crippen LogP contribution >= 0.6 is 11.8 Å². The van der Waals surface area contributed by atoms with Crippen LogP contribution in [0, 0.1) is 0 Å². The molecule has 0 amide bonds. The molecule has 1 unspecified atom stereocenters. The van der Waals surface area contributed by atoms with Crippen LogP contribution < -0.4 is 0 Å². The van der Waals surface area contributed by atoms with Crippen LogP contribution in [0.25, 0.3) is 0 Å². The summed E-state index contributed by atoms with van der Waals surface area (Å²) in [4.78, 5) is 10.4. The highest BCUT2D eigenvalue weighted by Gasteiger charge is 2.47. The van der Waals surface area contributed by atoms with E-state index in [1.165, 1.54) is 0 Å². The summed E-state index contributed by atoms with van der Waals surface area (Å²) in [5.41, 5.74) is 0. The molecule has 3 nitrogen and oxygen atoms in total. The van der Waals surface area contributed by atoms with Crippen LogP contribution in [0.3, 0.4) is 0 Å². The quantitative estimate of drug-likeness (QED) is 0.772. The van der Waals surface area contributed by atoms with E-state index in [1.54, 1.807) is 0 Å². The zero-order valence-electron chi connectivity index (χ0n) is 7.75. The van der Waals surface area contributed by atoms with Crippen molar-refractivity contribution in [3.8, 4) is 0 Å². The summed E-state index contributed by atoms with van der Waals surface area (Å²) in [6, 6.07) is 0. The van der Waals surface area contributed by atoms with Crippen LogP contribution in [-0.2, 0) is 4.79 Å². The average molecular weight is 244 g/mol. The van der Waals surface area contributed by atoms with Gasteiger partial charge in [-0.05, 0) is 12.8 Å². The van der Waals surface area contributed by atoms with Crippen molar-refractivity contribution in [1.29, 1.82) is 0 Å². The normalized spacial score (nSPS) is 21.1. The van der Waals surface area contributed by atoms with E-state index in [-0.39, 0.29) is 6.42 Å². The van der Waals surface area contributed by atoms with Crippen LogP contribution in [-0.4, -0.2) is 39.0 Å². The van der Waals surface area contributed by atoms with Crippen molar-refractivity contribution in [2.24, 2.45) is 0 Å². The third-order valence-electron chi connectivity index (χ3n) is 2.21. The summed E-state index contributed by atoms with van der Waals surface area (Å²) in [7, 11) is 0. The van der Waals surface area contributed by atoms with Gasteiger partial charge in [-0.25, -0.2) is 0 Å². The zero-order chi connectivity index (χ0) is 11.7. The smallest absolute Gasteiger partial charge is 0.415 e. The topological polar surface area (TPSA) is 57.5 Å². The number of aliphatic hydroxyl groups is 1. The number of halogens is 3. The van der Waals surface area contributed by atoms with Gasteiger partial charge >= 0.3 is 12.1 Å². The van der Waals surface area contributed by atoms with Gasteiger partial charge in [0.2, 0.25) is 0 Å². The summed E-state index contributed by atoms with van der Waals surface area (Å²) in [6.07, 6.45) is -5.91. The lowest BCUT2D eigenvalue weighted by Crippen LogP contribution is -2.31. The highest BCUT2D eigenvalue weighted by Crippen LogP contribution is 2.51. The minimum absolute atomic E-state index is 0.137. The SMILES string of the molecule is O=C(O)CC1(SCC(O)C(F)(F)F)CC1. The Morgan fingerprint density at radius 2 is 2.00 bits per heavy atom. The number of rotatable bonds is 5. The lowest BCUT2D eigenvalue weighted by atomic mass is 10.3. The summed E-state index contributed by atoms with van der Waals surface area (Å²) < 4.78 is 35.2. The van der Waals surface area contributed by atoms with E-state index in [1.807, 2.05) is 0 Å². The van der Waals surface area contributed by atoms with Gasteiger partial charge in [-0.15, -0.1) is 0 Å². The number of hydrogen-bond donors (Lipinski definition) is 2. The number of aliphatic hydroxyl groups excluding tert-OH is 1. The Bertz CT molecular complexity index is 250. The highest BCUT2D eigenvalue weighted by atomic mass is 32.2. The maximum Gasteiger partial charge on any atom is 0.415 e. The number of aliphatic carboxylic acids is 1. The van der Waals surface area contributed by atoms with E-state index in [4.69, 9.17) is 10.2 Å². The first-order valence-corrected chi connectivity index (χ1v) is 5.34. The number of thioether (sulfide) groups is 1. The molecule has 0 spiro atoms. The first-order valence-electron chi connectivity index (χ1n) is 4.36. The molecule has 1 aliphatic rings. The van der Waals surface area contributed by atoms with Gasteiger partial charge in [0.25, 0.3) is 0 Å². The predicted octanol–water partition coefficient (Wildman–Crippen LogP) is 1.65. The van der Waals surface area contributed by atoms with Crippen molar-refractivity contribution < 1.29 is 28.2 Å². The second-order valence-corrected chi connectivity index (χ2v) is 5.11. The lowest BCUT2D eigenvalue weighted by Gasteiger charge is -2.17. The van der Waals surface area contributed by atoms with Gasteiger partial charge in [-0.3, -0.25) is 4.79 Å². The Balaban J connectivity index is 2.34. The van der Waals surface area contributed by atoms with Gasteiger partial charge in [0.05, 0.1) is 6.42 Å². The summed E-state index contributed by atoms with van der Waals surface area (Å²) >= 11 is 0.902. The van der Waals surface area contributed by atoms with Gasteiger partial charge in [0.15, 0.2) is 6.10 Å². The molecule has 0 aromatic rings. The number of carboxylic acids is 1. The summed E-state index contributed by atoms with van der Waals surface area (Å²) in [5, 5.41) is 17.2. The zero-order valence-corrected chi connectivity index (χ0v) is 8.57. The maximum atomic E-state index is 11.9. The molecule has 0 saturated heterocycles. The second-order valence-electron chi connectivity index (χ2n) is 3.62. The molecule has 0 aromatic carbocycles. The van der Waals surface area contributed by atoms with Crippen molar-refractivity contribution >= 4 is 17.7 Å². The van der Waals surface area contributed by atoms with Crippen molar-refractivity contribution in [3.63, 3.8) is 0 Å². The molecular weight excluding hydrogens is 233 g/mol. The van der Waals surface area contributed by atoms with Crippen molar-refractivity contribution in [3.05, 3.63) is 0 Å². The number of hydrogen-bond acceptors (Lipinski definition) is 3. The largest absolute Gasteiger partial charge is 0.481 e. The molecule has 1 fully saturated rings. The molecule has 1 atom stereocenters. The monoisotopic (exact) mass is 244 g/mol. The molecule has 0 aromatic heterocycles. The van der Waals surface area contributed by atoms with E-state index in [9.17, 15) is 18.0 Å². The Morgan fingerprint density at radius 3 is 2.33 bits per heavy atom. The molecule has 0 aliphatic heterocycles. The van der Waals surface area contributed by atoms with Crippen LogP contribution in [0.1, 0.15) is 19.3 Å². The molecule has 0 heterocycles. The van der Waals surface area contributed by atoms with E-state index in [0.717, 1.165) is 11.8 Å². The summed E-state index contributed by atoms with van der Waals surface area (Å²) in [5.74, 6) is -1.50. The van der Waals surface area contributed by atoms with E-state index in [2.05, 4.69) is 0 Å². The first-order chi connectivity index (χ1) is 6.75. The van der Waals surface area contributed by atoms with Crippen LogP contribution in [0.2, 0.25) is 0 Å². The Labute approximate surface area is 88.7 Å². The molecule has 0 bridgehead atoms. The molecule has 15 heavy (non-hydrogen) atoms. The van der Waals surface area contributed by atoms with Crippen molar-refractivity contribution in [2.75, 3.05) is 5.75 Å². The first kappa shape index (κ1) is 12.6. The highest BCUT2D eigenvalue weighted by molar-refractivity contribution is 8.01. The lowest BCUT2D eigenvalue weighted by molar-refractivity contribution is -0.195. The standard InChI is InChI=1S/C8H11F3O3S/c9-8(10,11)5(12)4-15-7(1-2-7)3-6(13)14/h5,12H,1-4H2,(H,13,14). The Kier molecular flexibility index (Phi) is 3.55. The molecule has 7 heteroatoms. The molecule has 2 N–H and O–H groups in total. The maximum absolute atomic E-state index is 11.9. The van der Waals surface area contributed by atoms with Gasteiger partial charge in [0, 0.05) is 10.5 Å². The number of carboxylic acid groups (broad SMARTS) is 1. The van der Waals surface area contributed by atoms with E-state index < -0.39 is 28.7 Å². The predicted molar refractivity (Wildman–Crippen MR) is 48.7 cm³/mol. The molecule has 1 rings (SSSR count). The van der Waals surface area contributed by atoms with Crippen LogP contribution in [0.4, 0.5) is 13.2 Å². The summed E-state index contributed by atoms with van der Waals surface area (Å²) in [6.45, 7) is 0. The minimum atomic E-state index is -4.62. The van der Waals surface area contributed by atoms with Crippen molar-refractivity contribution in [2.45, 2.75) is 36.3 Å². The van der Waals surface area contributed by atoms with Crippen LogP contribution in [0.15, 0.2) is 0 Å². The van der Waals surface area contributed by atoms with Crippen LogP contribution in [0.5, 0.6) is 0 Å². The third kappa shape index (κ3) is 3.90. The fourth-order valence-corrected chi connectivity index (χ4v) is 2.45. The molecule has 1 aliphatic carbocycles. The number of alkyl halides is 3. The molecule has 0 radical (unpaired) electrons. The Hall–Kier alpha value is -0.430. The molecule has 88 valence electrons. The second kappa shape index (κ2) is 4.21. The van der Waals surface area contributed by atoms with E-state index >= 15 is 0 Å². The average Bonchev–Trinajstić information content (AvgIpc) is 2.78. The van der Waals surface area contributed by atoms with Gasteiger partial charge in [0.1, 0.15) is 0 Å². The fraction of sp³-hybridized carbons (Fsp3) is 0.875. The Morgan fingerprint density at radius 1 is 1.47 bits per heavy atom. The molecular formula is C8H11F3O3S. The minimum Gasteiger partial charge on any atom is -0.481 e. The third-order valence-corrected chi connectivity index (χ3v) is 3.85. The van der Waals surface area contributed by atoms with Crippen molar-refractivity contribution in [1.82, 2.24) is 0 Å². The number of carbonyl (C=O) groups is 1. The van der Waals surface area contributed by atoms with E-state index in [0.29, 0.717) is 12.8 Å². The van der Waals surface area contributed by atoms with Gasteiger partial charge in [-0.1, -0.05) is 0 Å². The molecule has 1 saturated carbocycles. The van der Waals surface area contributed by atoms with Gasteiger partial charge in [-0.2, -0.15) is 24.9 Å². The fourth-order valence-electron chi connectivity index (χ4n) is 1.14. The van der Waals surface area contributed by atoms with Gasteiger partial charge < -0.3 is 10.2 Å².